The van der Waals surface area contributed by atoms with Crippen molar-refractivity contribution >= 4 is 28.2 Å². The molecule has 1 aromatic rings. The van der Waals surface area contributed by atoms with E-state index in [1.165, 1.54) is 23.3 Å². The van der Waals surface area contributed by atoms with Gasteiger partial charge in [-0.25, -0.2) is 4.79 Å². The molecule has 0 unspecified atom stereocenters. The van der Waals surface area contributed by atoms with E-state index in [0.717, 1.165) is 31.2 Å². The molecule has 1 N–H and O–H groups in total. The highest BCUT2D eigenvalue weighted by Gasteiger charge is 2.29. The molecule has 0 radical (unpaired) electrons. The first kappa shape index (κ1) is 16.0. The molecule has 1 aromatic heterocycles. The lowest BCUT2D eigenvalue weighted by Crippen LogP contribution is -2.19. The molecule has 0 saturated carbocycles. The average Bonchev–Trinajstić information content (AvgIpc) is 2.82. The number of hydrogen-bond acceptors (Lipinski definition) is 4. The molecule has 5 heteroatoms. The summed E-state index contributed by atoms with van der Waals surface area (Å²) in [5, 5.41) is 3.55. The summed E-state index contributed by atoms with van der Waals surface area (Å²) >= 11 is 1.54. The Bertz CT molecular complexity index is 548. The average molecular weight is 309 g/mol. The second-order valence-corrected chi connectivity index (χ2v) is 6.97. The molecule has 0 bridgehead atoms. The van der Waals surface area contributed by atoms with Crippen LogP contribution in [-0.4, -0.2) is 19.0 Å². The Balaban J connectivity index is 2.38. The number of carbonyl (C=O) groups is 2. The number of hydrogen-bond donors (Lipinski definition) is 1. The SMILES string of the molecule is CC[C@@H]1CCc2c(sc(NC(=O)C(C)C)c2C(=O)OC)C1. The van der Waals surface area contributed by atoms with E-state index in [2.05, 4.69) is 12.2 Å². The van der Waals surface area contributed by atoms with Crippen molar-refractivity contribution in [3.05, 3.63) is 16.0 Å². The molecule has 1 heterocycles. The monoisotopic (exact) mass is 309 g/mol. The molecule has 0 spiro atoms. The molecule has 1 atom stereocenters. The third-order valence-corrected chi connectivity index (χ3v) is 5.27. The molecule has 0 fully saturated rings. The minimum absolute atomic E-state index is 0.0641. The molecule has 2 rings (SSSR count). The maximum absolute atomic E-state index is 12.1. The van der Waals surface area contributed by atoms with Crippen molar-refractivity contribution in [3.8, 4) is 0 Å². The third-order valence-electron chi connectivity index (χ3n) is 4.10. The molecule has 1 aliphatic carbocycles. The Hall–Kier alpha value is -1.36. The first-order valence-corrected chi connectivity index (χ1v) is 8.33. The number of methoxy groups -OCH3 is 1. The number of anilines is 1. The van der Waals surface area contributed by atoms with Crippen molar-refractivity contribution in [1.82, 2.24) is 0 Å². The van der Waals surface area contributed by atoms with Crippen molar-refractivity contribution in [1.29, 1.82) is 0 Å². The molecule has 0 aromatic carbocycles. The predicted octanol–water partition coefficient (Wildman–Crippen LogP) is 3.64. The zero-order chi connectivity index (χ0) is 15.6. The lowest BCUT2D eigenvalue weighted by Gasteiger charge is -2.20. The number of nitrogens with one attached hydrogen (secondary N) is 1. The maximum Gasteiger partial charge on any atom is 0.341 e. The quantitative estimate of drug-likeness (QED) is 0.864. The number of carbonyl (C=O) groups excluding carboxylic acids is 2. The largest absolute Gasteiger partial charge is 0.465 e. The van der Waals surface area contributed by atoms with Crippen LogP contribution in [-0.2, 0) is 22.4 Å². The van der Waals surface area contributed by atoms with Gasteiger partial charge >= 0.3 is 5.97 Å². The molecule has 4 nitrogen and oxygen atoms in total. The number of fused-ring (bicyclic) bond motifs is 1. The van der Waals surface area contributed by atoms with Crippen molar-refractivity contribution in [2.75, 3.05) is 12.4 Å². The topological polar surface area (TPSA) is 55.4 Å². The fourth-order valence-electron chi connectivity index (χ4n) is 2.66. The Labute approximate surface area is 129 Å². The Kier molecular flexibility index (Phi) is 5.04. The number of esters is 1. The lowest BCUT2D eigenvalue weighted by molar-refractivity contribution is -0.118. The highest BCUT2D eigenvalue weighted by molar-refractivity contribution is 7.17. The van der Waals surface area contributed by atoms with Crippen molar-refractivity contribution < 1.29 is 14.3 Å². The van der Waals surface area contributed by atoms with E-state index < -0.39 is 0 Å². The van der Waals surface area contributed by atoms with E-state index in [1.54, 1.807) is 0 Å². The van der Waals surface area contributed by atoms with Crippen molar-refractivity contribution in [2.24, 2.45) is 11.8 Å². The van der Waals surface area contributed by atoms with Crippen LogP contribution in [0.3, 0.4) is 0 Å². The van der Waals surface area contributed by atoms with Crippen LogP contribution in [0.5, 0.6) is 0 Å². The van der Waals surface area contributed by atoms with E-state index >= 15 is 0 Å². The summed E-state index contributed by atoms with van der Waals surface area (Å²) in [5.74, 6) is 0.153. The van der Waals surface area contributed by atoms with Gasteiger partial charge in [-0.3, -0.25) is 4.79 Å². The van der Waals surface area contributed by atoms with Crippen LogP contribution < -0.4 is 5.32 Å². The Morgan fingerprint density at radius 3 is 2.71 bits per heavy atom. The second kappa shape index (κ2) is 6.60. The molecule has 116 valence electrons. The van der Waals surface area contributed by atoms with Gasteiger partial charge in [0.2, 0.25) is 5.91 Å². The predicted molar refractivity (Wildman–Crippen MR) is 84.9 cm³/mol. The van der Waals surface area contributed by atoms with Crippen LogP contribution in [0.4, 0.5) is 5.00 Å². The van der Waals surface area contributed by atoms with Crippen LogP contribution in [0.25, 0.3) is 0 Å². The fraction of sp³-hybridized carbons (Fsp3) is 0.625. The van der Waals surface area contributed by atoms with Gasteiger partial charge in [0.25, 0.3) is 0 Å². The standard InChI is InChI=1S/C16H23NO3S/c1-5-10-6-7-11-12(8-10)21-15(13(11)16(19)20-4)17-14(18)9(2)3/h9-10H,5-8H2,1-4H3,(H,17,18)/t10-/m1/s1. The van der Waals surface area contributed by atoms with Crippen molar-refractivity contribution in [2.45, 2.75) is 46.5 Å². The molecular weight excluding hydrogens is 286 g/mol. The minimum Gasteiger partial charge on any atom is -0.465 e. The van der Waals surface area contributed by atoms with Crippen LogP contribution in [0.2, 0.25) is 0 Å². The van der Waals surface area contributed by atoms with E-state index in [9.17, 15) is 9.59 Å². The summed E-state index contributed by atoms with van der Waals surface area (Å²) in [6.07, 6.45) is 4.14. The van der Waals surface area contributed by atoms with Gasteiger partial charge in [-0.1, -0.05) is 27.2 Å². The molecular formula is C16H23NO3S. The first-order valence-electron chi connectivity index (χ1n) is 7.51. The van der Waals surface area contributed by atoms with Gasteiger partial charge in [0, 0.05) is 10.8 Å². The van der Waals surface area contributed by atoms with Gasteiger partial charge in [0.05, 0.1) is 12.7 Å². The highest BCUT2D eigenvalue weighted by atomic mass is 32.1. The number of amides is 1. The summed E-state index contributed by atoms with van der Waals surface area (Å²) < 4.78 is 4.91. The van der Waals surface area contributed by atoms with E-state index in [4.69, 9.17) is 4.74 Å². The van der Waals surface area contributed by atoms with Gasteiger partial charge in [-0.15, -0.1) is 11.3 Å². The lowest BCUT2D eigenvalue weighted by atomic mass is 9.85. The van der Waals surface area contributed by atoms with Gasteiger partial charge < -0.3 is 10.1 Å². The number of rotatable bonds is 4. The van der Waals surface area contributed by atoms with E-state index in [1.807, 2.05) is 13.8 Å². The third kappa shape index (κ3) is 3.28. The molecule has 1 amide bonds. The number of thiophene rings is 1. The maximum atomic E-state index is 12.1. The summed E-state index contributed by atoms with van der Waals surface area (Å²) in [6, 6.07) is 0. The molecule has 0 aliphatic heterocycles. The molecule has 21 heavy (non-hydrogen) atoms. The highest BCUT2D eigenvalue weighted by Crippen LogP contribution is 2.40. The van der Waals surface area contributed by atoms with Crippen LogP contribution >= 0.6 is 11.3 Å². The van der Waals surface area contributed by atoms with Gasteiger partial charge in [-0.05, 0) is 30.7 Å². The normalized spacial score (nSPS) is 17.5. The Morgan fingerprint density at radius 2 is 2.14 bits per heavy atom. The smallest absolute Gasteiger partial charge is 0.341 e. The van der Waals surface area contributed by atoms with Crippen LogP contribution in [0.15, 0.2) is 0 Å². The second-order valence-electron chi connectivity index (χ2n) is 5.86. The van der Waals surface area contributed by atoms with Crippen molar-refractivity contribution in [3.63, 3.8) is 0 Å². The summed E-state index contributed by atoms with van der Waals surface area (Å²) in [5.41, 5.74) is 1.65. The summed E-state index contributed by atoms with van der Waals surface area (Å²) in [7, 11) is 1.39. The minimum atomic E-state index is -0.346. The van der Waals surface area contributed by atoms with Gasteiger partial charge in [0.1, 0.15) is 5.00 Å². The summed E-state index contributed by atoms with van der Waals surface area (Å²) in [4.78, 5) is 25.3. The van der Waals surface area contributed by atoms with Gasteiger partial charge in [0.15, 0.2) is 0 Å². The van der Waals surface area contributed by atoms with Gasteiger partial charge in [-0.2, -0.15) is 0 Å². The summed E-state index contributed by atoms with van der Waals surface area (Å²) in [6.45, 7) is 5.88. The van der Waals surface area contributed by atoms with E-state index in [-0.39, 0.29) is 17.8 Å². The zero-order valence-electron chi connectivity index (χ0n) is 13.1. The van der Waals surface area contributed by atoms with E-state index in [0.29, 0.717) is 16.5 Å². The van der Waals surface area contributed by atoms with Crippen LogP contribution in [0.1, 0.15) is 54.4 Å². The molecule has 0 saturated heterocycles. The van der Waals surface area contributed by atoms with Crippen LogP contribution in [0, 0.1) is 11.8 Å². The number of ether oxygens (including phenoxy) is 1. The first-order chi connectivity index (χ1) is 9.97. The fourth-order valence-corrected chi connectivity index (χ4v) is 4.02. The zero-order valence-corrected chi connectivity index (χ0v) is 13.9. The Morgan fingerprint density at radius 1 is 1.43 bits per heavy atom. The molecule has 1 aliphatic rings.